The van der Waals surface area contributed by atoms with E-state index in [1.165, 1.54) is 0 Å². The minimum Gasteiger partial charge on any atom is -0.491 e. The van der Waals surface area contributed by atoms with Crippen molar-refractivity contribution >= 4 is 18.2 Å². The van der Waals surface area contributed by atoms with Crippen molar-refractivity contribution in [3.8, 4) is 5.75 Å². The molecule has 9 heteroatoms. The van der Waals surface area contributed by atoms with Gasteiger partial charge in [0, 0.05) is 6.07 Å². The first kappa shape index (κ1) is 16.2. The van der Waals surface area contributed by atoms with Gasteiger partial charge in [0.2, 0.25) is 18.9 Å². The van der Waals surface area contributed by atoms with Gasteiger partial charge in [0.15, 0.2) is 29.0 Å². The molecule has 0 spiro atoms. The first-order valence-electron chi connectivity index (χ1n) is 5.67. The molecule has 115 valence electrons. The predicted octanol–water partition coefficient (Wildman–Crippen LogP) is 2.32. The number of benzene rings is 2. The molecular weight excluding hydrogens is 316 g/mol. The summed E-state index contributed by atoms with van der Waals surface area (Å²) in [4.78, 5) is 0. The Morgan fingerprint density at radius 2 is 1.32 bits per heavy atom. The molecule has 0 aliphatic heterocycles. The summed E-state index contributed by atoms with van der Waals surface area (Å²) in [5.41, 5.74) is -2.25. The first-order valence-corrected chi connectivity index (χ1v) is 5.67. The van der Waals surface area contributed by atoms with Crippen molar-refractivity contribution in [2.24, 2.45) is 0 Å². The Kier molecular flexibility index (Phi) is 4.34. The van der Waals surface area contributed by atoms with Gasteiger partial charge >= 0.3 is 0 Å². The van der Waals surface area contributed by atoms with E-state index in [1.54, 1.807) is 0 Å². The lowest BCUT2D eigenvalue weighted by Crippen LogP contribution is -2.36. The molecule has 0 unspecified atom stereocenters. The van der Waals surface area contributed by atoms with Gasteiger partial charge in [-0.3, -0.25) is 0 Å². The van der Waals surface area contributed by atoms with Crippen LogP contribution in [0, 0.1) is 40.7 Å². The van der Waals surface area contributed by atoms with E-state index < -0.39 is 57.4 Å². The highest BCUT2D eigenvalue weighted by Crippen LogP contribution is 2.24. The number of hydrogen-bond donors (Lipinski definition) is 0. The number of ether oxygens (including phenoxy) is 1. The average molecular weight is 321 g/mol. The van der Waals surface area contributed by atoms with Crippen LogP contribution in [0.15, 0.2) is 12.1 Å². The van der Waals surface area contributed by atoms with Crippen molar-refractivity contribution in [3.05, 3.63) is 52.9 Å². The molecule has 0 aliphatic rings. The van der Waals surface area contributed by atoms with Gasteiger partial charge in [0.05, 0.1) is 7.11 Å². The average Bonchev–Trinajstić information content (AvgIpc) is 2.47. The second-order valence-electron chi connectivity index (χ2n) is 4.14. The Balaban J connectivity index is 2.61. The van der Waals surface area contributed by atoms with Crippen LogP contribution in [0.25, 0.3) is 0 Å². The van der Waals surface area contributed by atoms with Gasteiger partial charge in [-0.25, -0.2) is 22.0 Å². The third-order valence-electron chi connectivity index (χ3n) is 2.78. The molecule has 0 atom stereocenters. The van der Waals surface area contributed by atoms with E-state index >= 15 is 0 Å². The first-order chi connectivity index (χ1) is 10.3. The van der Waals surface area contributed by atoms with Gasteiger partial charge in [-0.1, -0.05) is 0 Å². The lowest BCUT2D eigenvalue weighted by molar-refractivity contribution is 0.335. The van der Waals surface area contributed by atoms with Crippen LogP contribution in [0.4, 0.5) is 30.7 Å². The molecule has 2 aromatic carbocycles. The Morgan fingerprint density at radius 1 is 0.773 bits per heavy atom. The van der Waals surface area contributed by atoms with Crippen molar-refractivity contribution < 1.29 is 35.5 Å². The molecule has 1 nitrogen and oxygen atoms in total. The maximum atomic E-state index is 13.7. The monoisotopic (exact) mass is 321 g/mol. The Labute approximate surface area is 120 Å². The maximum absolute atomic E-state index is 13.7. The quantitative estimate of drug-likeness (QED) is 0.479. The van der Waals surface area contributed by atoms with Crippen LogP contribution >= 0.6 is 0 Å². The highest BCUT2D eigenvalue weighted by Gasteiger charge is 2.27. The zero-order valence-electron chi connectivity index (χ0n) is 10.8. The van der Waals surface area contributed by atoms with Crippen LogP contribution in [-0.2, 0) is 0 Å². The van der Waals surface area contributed by atoms with Crippen molar-refractivity contribution in [1.82, 2.24) is 0 Å². The summed E-state index contributed by atoms with van der Waals surface area (Å²) in [5, 5.41) is 0. The zero-order chi connectivity index (χ0) is 16.6. The highest BCUT2D eigenvalue weighted by molar-refractivity contribution is 6.67. The molecule has 0 bridgehead atoms. The molecule has 1 radical (unpaired) electrons. The topological polar surface area (TPSA) is 9.23 Å². The summed E-state index contributed by atoms with van der Waals surface area (Å²) < 4.78 is 98.1. The van der Waals surface area contributed by atoms with Crippen LogP contribution < -0.4 is 15.7 Å². The van der Waals surface area contributed by atoms with Crippen LogP contribution in [-0.4, -0.2) is 14.4 Å². The molecule has 0 aliphatic carbocycles. The predicted molar refractivity (Wildman–Crippen MR) is 64.2 cm³/mol. The van der Waals surface area contributed by atoms with Crippen molar-refractivity contribution in [2.45, 2.75) is 0 Å². The number of hydrogen-bond acceptors (Lipinski definition) is 1. The largest absolute Gasteiger partial charge is 0.491 e. The second-order valence-corrected chi connectivity index (χ2v) is 4.14. The minimum atomic E-state index is -1.89. The normalized spacial score (nSPS) is 10.7. The van der Waals surface area contributed by atoms with Gasteiger partial charge in [-0.05, 0) is 17.0 Å². The highest BCUT2D eigenvalue weighted by atomic mass is 19.2. The summed E-state index contributed by atoms with van der Waals surface area (Å²) >= 11 is 0. The van der Waals surface area contributed by atoms with Gasteiger partial charge in [0.1, 0.15) is 5.82 Å². The van der Waals surface area contributed by atoms with Crippen LogP contribution in [0.3, 0.4) is 0 Å². The summed E-state index contributed by atoms with van der Waals surface area (Å²) in [6, 6.07) is 0.617. The summed E-state index contributed by atoms with van der Waals surface area (Å²) in [6.45, 7) is 0. The maximum Gasteiger partial charge on any atom is 0.203 e. The number of halogens is 7. The van der Waals surface area contributed by atoms with E-state index in [2.05, 4.69) is 4.74 Å². The van der Waals surface area contributed by atoms with Crippen LogP contribution in [0.1, 0.15) is 0 Å². The zero-order valence-corrected chi connectivity index (χ0v) is 10.8. The lowest BCUT2D eigenvalue weighted by Gasteiger charge is -2.11. The third kappa shape index (κ3) is 2.62. The SMILES string of the molecule is COc1c(F)c(F)c([B]c2cc(F)cc(F)c2F)c(F)c1F. The number of methoxy groups -OCH3 is 1. The molecule has 0 fully saturated rings. The Hall–Kier alpha value is -2.19. The van der Waals surface area contributed by atoms with Crippen LogP contribution in [0.2, 0.25) is 0 Å². The molecule has 0 aromatic heterocycles. The molecule has 2 rings (SSSR count). The summed E-state index contributed by atoms with van der Waals surface area (Å²) in [6.07, 6.45) is 0. The summed E-state index contributed by atoms with van der Waals surface area (Å²) in [5.74, 6) is -13.3. The fourth-order valence-corrected chi connectivity index (χ4v) is 1.77. The molecule has 0 amide bonds. The fraction of sp³-hybridized carbons (Fsp3) is 0.0769. The van der Waals surface area contributed by atoms with Crippen molar-refractivity contribution in [3.63, 3.8) is 0 Å². The standard InChI is InChI=1S/C13H5BF7O/c1-22-13-11(20)9(18)7(10(19)12(13)21)14-5-2-4(15)3-6(16)8(5)17/h2-3H,1H3. The van der Waals surface area contributed by atoms with Gasteiger partial charge in [-0.15, -0.1) is 0 Å². The molecule has 0 saturated heterocycles. The van der Waals surface area contributed by atoms with Gasteiger partial charge < -0.3 is 4.74 Å². The molecule has 0 N–H and O–H groups in total. The van der Waals surface area contributed by atoms with E-state index in [0.717, 1.165) is 7.11 Å². The van der Waals surface area contributed by atoms with E-state index in [9.17, 15) is 30.7 Å². The smallest absolute Gasteiger partial charge is 0.203 e. The van der Waals surface area contributed by atoms with Gasteiger partial charge in [0.25, 0.3) is 0 Å². The van der Waals surface area contributed by atoms with Crippen LogP contribution in [0.5, 0.6) is 5.75 Å². The Morgan fingerprint density at radius 3 is 1.82 bits per heavy atom. The fourth-order valence-electron chi connectivity index (χ4n) is 1.77. The number of rotatable bonds is 3. The molecule has 2 aromatic rings. The molecule has 0 saturated carbocycles. The summed E-state index contributed by atoms with van der Waals surface area (Å²) in [7, 11) is 1.03. The van der Waals surface area contributed by atoms with Gasteiger partial charge in [-0.2, -0.15) is 8.78 Å². The molecule has 0 heterocycles. The van der Waals surface area contributed by atoms with Crippen molar-refractivity contribution in [1.29, 1.82) is 0 Å². The van der Waals surface area contributed by atoms with E-state index in [1.807, 2.05) is 0 Å². The third-order valence-corrected chi connectivity index (χ3v) is 2.78. The molecular formula is C13H5BF7O. The van der Waals surface area contributed by atoms with E-state index in [-0.39, 0.29) is 13.3 Å². The second kappa shape index (κ2) is 5.90. The van der Waals surface area contributed by atoms with E-state index in [0.29, 0.717) is 6.07 Å². The molecule has 22 heavy (non-hydrogen) atoms. The van der Waals surface area contributed by atoms with E-state index in [4.69, 9.17) is 0 Å². The lowest BCUT2D eigenvalue weighted by atomic mass is 9.63. The minimum absolute atomic E-state index is 0.203. The Bertz CT molecular complexity index is 719. The van der Waals surface area contributed by atoms with Crippen molar-refractivity contribution in [2.75, 3.05) is 7.11 Å².